The van der Waals surface area contributed by atoms with Gasteiger partial charge in [-0.3, -0.25) is 0 Å². The van der Waals surface area contributed by atoms with Crippen LogP contribution in [-0.4, -0.2) is 25.6 Å². The minimum Gasteiger partial charge on any atom is -0.386 e. The summed E-state index contributed by atoms with van der Waals surface area (Å²) in [5.74, 6) is 0. The Hall–Kier alpha value is -1.94. The van der Waals surface area contributed by atoms with Gasteiger partial charge < -0.3 is 15.7 Å². The fraction of sp³-hybridized carbons (Fsp3) is 0.188. The van der Waals surface area contributed by atoms with Crippen LogP contribution in [-0.2, 0) is 10.0 Å². The van der Waals surface area contributed by atoms with Gasteiger partial charge in [-0.1, -0.05) is 28.1 Å². The lowest BCUT2D eigenvalue weighted by atomic mass is 10.0. The van der Waals surface area contributed by atoms with E-state index in [1.165, 1.54) is 24.3 Å². The van der Waals surface area contributed by atoms with Crippen LogP contribution in [0.5, 0.6) is 0 Å². The molecule has 2 aromatic rings. The first kappa shape index (κ1) is 19.4. The third-order valence-corrected chi connectivity index (χ3v) is 4.94. The van der Waals surface area contributed by atoms with Crippen LogP contribution in [0.4, 0.5) is 10.5 Å². The smallest absolute Gasteiger partial charge is 0.319 e. The largest absolute Gasteiger partial charge is 0.386 e. The molecule has 25 heavy (non-hydrogen) atoms. The molecular formula is C16H18BrN3O4S. The summed E-state index contributed by atoms with van der Waals surface area (Å²) in [4.78, 5) is 12.0. The van der Waals surface area contributed by atoms with Crippen LogP contribution in [0.2, 0.25) is 0 Å². The number of primary sulfonamides is 1. The van der Waals surface area contributed by atoms with Gasteiger partial charge in [-0.2, -0.15) is 0 Å². The number of hydrogen-bond acceptors (Lipinski definition) is 4. The van der Waals surface area contributed by atoms with E-state index in [1.807, 2.05) is 0 Å². The predicted molar refractivity (Wildman–Crippen MR) is 98.5 cm³/mol. The van der Waals surface area contributed by atoms with E-state index in [-0.39, 0.29) is 4.90 Å². The standard InChI is InChI=1S/C16H18BrN3O4S/c1-10(15(21)11-2-4-12(17)5-3-11)19-16(22)20-13-6-8-14(9-7-13)25(18,23)24/h2-10,15,21H,1H3,(H2,18,23,24)(H2,19,20,22). The maximum absolute atomic E-state index is 12.0. The molecule has 0 saturated heterocycles. The molecule has 0 fully saturated rings. The van der Waals surface area contributed by atoms with E-state index in [0.29, 0.717) is 11.3 Å². The summed E-state index contributed by atoms with van der Waals surface area (Å²) in [5, 5.41) is 20.5. The van der Waals surface area contributed by atoms with Crippen LogP contribution in [0, 0.1) is 0 Å². The molecule has 0 heterocycles. The number of carbonyl (C=O) groups excluding carboxylic acids is 1. The lowest BCUT2D eigenvalue weighted by Gasteiger charge is -2.21. The zero-order valence-electron chi connectivity index (χ0n) is 13.3. The Morgan fingerprint density at radius 2 is 1.68 bits per heavy atom. The Bertz CT molecular complexity index is 839. The van der Waals surface area contributed by atoms with E-state index in [1.54, 1.807) is 31.2 Å². The Labute approximate surface area is 154 Å². The highest BCUT2D eigenvalue weighted by Crippen LogP contribution is 2.20. The number of halogens is 1. The average molecular weight is 428 g/mol. The van der Waals surface area contributed by atoms with Crippen molar-refractivity contribution >= 4 is 37.7 Å². The van der Waals surface area contributed by atoms with Crippen LogP contribution in [0.1, 0.15) is 18.6 Å². The predicted octanol–water partition coefficient (Wildman–Crippen LogP) is 2.34. The van der Waals surface area contributed by atoms with E-state index in [9.17, 15) is 18.3 Å². The second kappa shape index (κ2) is 7.96. The number of benzene rings is 2. The third kappa shape index (κ3) is 5.53. The Morgan fingerprint density at radius 1 is 1.12 bits per heavy atom. The fourth-order valence-corrected chi connectivity index (χ4v) is 2.91. The summed E-state index contributed by atoms with van der Waals surface area (Å²) in [6, 6.07) is 11.5. The van der Waals surface area contributed by atoms with Gasteiger partial charge in [-0.25, -0.2) is 18.4 Å². The van der Waals surface area contributed by atoms with E-state index in [0.717, 1.165) is 4.47 Å². The van der Waals surface area contributed by atoms with E-state index in [2.05, 4.69) is 26.6 Å². The van der Waals surface area contributed by atoms with Gasteiger partial charge in [0.25, 0.3) is 0 Å². The average Bonchev–Trinajstić information content (AvgIpc) is 2.54. The van der Waals surface area contributed by atoms with Gasteiger partial charge in [0.2, 0.25) is 10.0 Å². The van der Waals surface area contributed by atoms with Crippen molar-refractivity contribution in [2.75, 3.05) is 5.32 Å². The highest BCUT2D eigenvalue weighted by Gasteiger charge is 2.18. The Balaban J connectivity index is 1.96. The molecule has 0 aliphatic heterocycles. The number of nitrogens with one attached hydrogen (secondary N) is 2. The zero-order valence-corrected chi connectivity index (χ0v) is 15.7. The minimum atomic E-state index is -3.78. The number of rotatable bonds is 5. The lowest BCUT2D eigenvalue weighted by molar-refractivity contribution is 0.139. The van der Waals surface area contributed by atoms with Crippen molar-refractivity contribution in [3.8, 4) is 0 Å². The molecule has 2 atom stereocenters. The molecule has 0 aromatic heterocycles. The van der Waals surface area contributed by atoms with Crippen molar-refractivity contribution in [3.05, 3.63) is 58.6 Å². The van der Waals surface area contributed by atoms with Crippen molar-refractivity contribution in [1.82, 2.24) is 5.32 Å². The maximum Gasteiger partial charge on any atom is 0.319 e. The Kier molecular flexibility index (Phi) is 6.17. The number of aliphatic hydroxyl groups excluding tert-OH is 1. The summed E-state index contributed by atoms with van der Waals surface area (Å²) >= 11 is 3.32. The van der Waals surface area contributed by atoms with Gasteiger partial charge in [-0.15, -0.1) is 0 Å². The maximum atomic E-state index is 12.0. The number of amides is 2. The van der Waals surface area contributed by atoms with Crippen molar-refractivity contribution in [3.63, 3.8) is 0 Å². The molecule has 0 radical (unpaired) electrons. The van der Waals surface area contributed by atoms with Crippen molar-refractivity contribution in [2.24, 2.45) is 5.14 Å². The first-order chi connectivity index (χ1) is 11.7. The highest BCUT2D eigenvalue weighted by molar-refractivity contribution is 9.10. The van der Waals surface area contributed by atoms with Gasteiger partial charge in [0.05, 0.1) is 17.0 Å². The van der Waals surface area contributed by atoms with Gasteiger partial charge >= 0.3 is 6.03 Å². The normalized spacial score (nSPS) is 13.8. The number of aliphatic hydroxyl groups is 1. The SMILES string of the molecule is CC(NC(=O)Nc1ccc(S(N)(=O)=O)cc1)C(O)c1ccc(Br)cc1. The fourth-order valence-electron chi connectivity index (χ4n) is 2.13. The van der Waals surface area contributed by atoms with E-state index < -0.39 is 28.2 Å². The zero-order chi connectivity index (χ0) is 18.6. The van der Waals surface area contributed by atoms with E-state index in [4.69, 9.17) is 5.14 Å². The van der Waals surface area contributed by atoms with Crippen molar-refractivity contribution in [2.45, 2.75) is 24.0 Å². The second-order valence-corrected chi connectivity index (χ2v) is 7.93. The van der Waals surface area contributed by atoms with Gasteiger partial charge in [0, 0.05) is 10.2 Å². The molecule has 2 rings (SSSR count). The number of urea groups is 1. The first-order valence-corrected chi connectivity index (χ1v) is 9.64. The molecule has 9 heteroatoms. The summed E-state index contributed by atoms with van der Waals surface area (Å²) in [7, 11) is -3.78. The molecule has 2 aromatic carbocycles. The van der Waals surface area contributed by atoms with Gasteiger partial charge in [0.15, 0.2) is 0 Å². The number of hydrogen-bond donors (Lipinski definition) is 4. The molecular weight excluding hydrogens is 410 g/mol. The third-order valence-electron chi connectivity index (χ3n) is 3.48. The molecule has 0 spiro atoms. The molecule has 2 amide bonds. The number of carbonyl (C=O) groups is 1. The summed E-state index contributed by atoms with van der Waals surface area (Å²) in [5.41, 5.74) is 1.07. The van der Waals surface area contributed by atoms with Crippen molar-refractivity contribution in [1.29, 1.82) is 0 Å². The van der Waals surface area contributed by atoms with Gasteiger partial charge in [-0.05, 0) is 48.9 Å². The van der Waals surface area contributed by atoms with Crippen LogP contribution in [0.25, 0.3) is 0 Å². The Morgan fingerprint density at radius 3 is 2.20 bits per heavy atom. The molecule has 2 unspecified atom stereocenters. The molecule has 0 bridgehead atoms. The van der Waals surface area contributed by atoms with Crippen LogP contribution in [0.15, 0.2) is 57.9 Å². The van der Waals surface area contributed by atoms with Crippen LogP contribution < -0.4 is 15.8 Å². The molecule has 0 aliphatic carbocycles. The molecule has 0 saturated carbocycles. The van der Waals surface area contributed by atoms with Crippen LogP contribution in [0.3, 0.4) is 0 Å². The highest BCUT2D eigenvalue weighted by atomic mass is 79.9. The molecule has 134 valence electrons. The first-order valence-electron chi connectivity index (χ1n) is 7.31. The number of anilines is 1. The van der Waals surface area contributed by atoms with Crippen molar-refractivity contribution < 1.29 is 18.3 Å². The number of sulfonamides is 1. The molecule has 0 aliphatic rings. The van der Waals surface area contributed by atoms with Gasteiger partial charge in [0.1, 0.15) is 0 Å². The summed E-state index contributed by atoms with van der Waals surface area (Å²) in [6.07, 6.45) is -0.872. The molecule has 5 N–H and O–H groups in total. The van der Waals surface area contributed by atoms with Crippen LogP contribution >= 0.6 is 15.9 Å². The quantitative estimate of drug-likeness (QED) is 0.584. The lowest BCUT2D eigenvalue weighted by Crippen LogP contribution is -2.39. The number of nitrogens with two attached hydrogens (primary N) is 1. The molecule has 7 nitrogen and oxygen atoms in total. The summed E-state index contributed by atoms with van der Waals surface area (Å²) < 4.78 is 23.3. The summed E-state index contributed by atoms with van der Waals surface area (Å²) in [6.45, 7) is 1.68. The topological polar surface area (TPSA) is 122 Å². The monoisotopic (exact) mass is 427 g/mol. The second-order valence-electron chi connectivity index (χ2n) is 5.45. The minimum absolute atomic E-state index is 0.0440. The van der Waals surface area contributed by atoms with E-state index >= 15 is 0 Å².